The van der Waals surface area contributed by atoms with Gasteiger partial charge in [0.15, 0.2) is 0 Å². The number of sulfonamides is 1. The van der Waals surface area contributed by atoms with Gasteiger partial charge in [-0.3, -0.25) is 4.72 Å². The van der Waals surface area contributed by atoms with Crippen molar-refractivity contribution in [3.05, 3.63) is 53.9 Å². The molecule has 8 heteroatoms. The molecule has 0 aromatic heterocycles. The van der Waals surface area contributed by atoms with Gasteiger partial charge in [-0.25, -0.2) is 8.42 Å². The molecular weight excluding hydrogens is 544 g/mol. The Morgan fingerprint density at radius 3 is 2.40 bits per heavy atom. The van der Waals surface area contributed by atoms with Crippen LogP contribution in [0, 0.1) is 3.57 Å². The van der Waals surface area contributed by atoms with E-state index in [4.69, 9.17) is 11.6 Å². The van der Waals surface area contributed by atoms with Crippen LogP contribution < -0.4 is 4.72 Å². The molecule has 0 amide bonds. The highest BCUT2D eigenvalue weighted by Gasteiger charge is 2.19. The van der Waals surface area contributed by atoms with Crippen LogP contribution in [0.25, 0.3) is 0 Å². The van der Waals surface area contributed by atoms with Crippen molar-refractivity contribution in [1.82, 2.24) is 0 Å². The lowest BCUT2D eigenvalue weighted by Gasteiger charge is -2.11. The van der Waals surface area contributed by atoms with Crippen LogP contribution in [-0.4, -0.2) is 8.42 Å². The molecule has 3 nitrogen and oxygen atoms in total. The van der Waals surface area contributed by atoms with Gasteiger partial charge in [0.05, 0.1) is 5.69 Å². The highest BCUT2D eigenvalue weighted by atomic mass is 127. The smallest absolute Gasteiger partial charge is 0.263 e. The third-order valence-electron chi connectivity index (χ3n) is 2.36. The van der Waals surface area contributed by atoms with Gasteiger partial charge in [0.25, 0.3) is 10.0 Å². The number of benzene rings is 2. The fourth-order valence-corrected chi connectivity index (χ4v) is 5.48. The zero-order valence-corrected chi connectivity index (χ0v) is 16.6. The third-order valence-corrected chi connectivity index (χ3v) is 6.32. The Hall–Kier alpha value is 0.170. The molecule has 0 unspecified atom stereocenters. The van der Waals surface area contributed by atoms with Crippen LogP contribution in [-0.2, 0) is 10.0 Å². The number of hydrogen-bond donors (Lipinski definition) is 1. The zero-order chi connectivity index (χ0) is 14.9. The summed E-state index contributed by atoms with van der Waals surface area (Å²) in [7, 11) is -3.66. The van der Waals surface area contributed by atoms with Crippen LogP contribution in [0.5, 0.6) is 0 Å². The molecule has 0 heterocycles. The average molecular weight is 551 g/mol. The van der Waals surface area contributed by atoms with E-state index in [1.165, 1.54) is 6.07 Å². The van der Waals surface area contributed by atoms with Crippen LogP contribution in [0.2, 0.25) is 5.02 Å². The molecule has 0 atom stereocenters. The molecule has 20 heavy (non-hydrogen) atoms. The molecule has 0 aliphatic rings. The van der Waals surface area contributed by atoms with Gasteiger partial charge < -0.3 is 0 Å². The molecule has 1 N–H and O–H groups in total. The number of halogens is 4. The topological polar surface area (TPSA) is 46.2 Å². The highest BCUT2D eigenvalue weighted by molar-refractivity contribution is 14.1. The van der Waals surface area contributed by atoms with E-state index < -0.39 is 10.0 Å². The Balaban J connectivity index is 2.41. The minimum Gasteiger partial charge on any atom is -0.279 e. The largest absolute Gasteiger partial charge is 0.279 e. The lowest BCUT2D eigenvalue weighted by molar-refractivity contribution is 0.600. The molecule has 0 fully saturated rings. The van der Waals surface area contributed by atoms with Crippen molar-refractivity contribution in [2.24, 2.45) is 0 Å². The first kappa shape index (κ1) is 16.5. The van der Waals surface area contributed by atoms with Crippen molar-refractivity contribution < 1.29 is 8.42 Å². The maximum absolute atomic E-state index is 12.4. The van der Waals surface area contributed by atoms with Crippen LogP contribution in [0.3, 0.4) is 0 Å². The Morgan fingerprint density at radius 2 is 1.80 bits per heavy atom. The molecule has 2 aromatic carbocycles. The second kappa shape index (κ2) is 6.51. The second-order valence-electron chi connectivity index (χ2n) is 3.80. The second-order valence-corrected chi connectivity index (χ2v) is 8.82. The molecule has 0 spiro atoms. The van der Waals surface area contributed by atoms with Gasteiger partial charge in [0.1, 0.15) is 4.90 Å². The fourth-order valence-electron chi connectivity index (χ4n) is 1.47. The van der Waals surface area contributed by atoms with Crippen molar-refractivity contribution in [3.8, 4) is 0 Å². The van der Waals surface area contributed by atoms with E-state index in [9.17, 15) is 8.42 Å². The highest BCUT2D eigenvalue weighted by Crippen LogP contribution is 2.29. The molecule has 2 rings (SSSR count). The summed E-state index contributed by atoms with van der Waals surface area (Å²) < 4.78 is 29.3. The summed E-state index contributed by atoms with van der Waals surface area (Å²) in [6, 6.07) is 9.84. The average Bonchev–Trinajstić information content (AvgIpc) is 2.32. The van der Waals surface area contributed by atoms with Gasteiger partial charge >= 0.3 is 0 Å². The first-order chi connectivity index (χ1) is 9.29. The Bertz CT molecular complexity index is 768. The summed E-state index contributed by atoms with van der Waals surface area (Å²) in [4.78, 5) is 0.173. The molecular formula is C12H7Br2ClINO2S. The predicted octanol–water partition coefficient (Wildman–Crippen LogP) is 5.27. The van der Waals surface area contributed by atoms with Crippen LogP contribution in [0.15, 0.2) is 50.2 Å². The summed E-state index contributed by atoms with van der Waals surface area (Å²) in [5.41, 5.74) is 0.491. The summed E-state index contributed by atoms with van der Waals surface area (Å²) in [5, 5.41) is 0.558. The van der Waals surface area contributed by atoms with E-state index in [0.29, 0.717) is 15.2 Å². The van der Waals surface area contributed by atoms with Crippen molar-refractivity contribution in [2.75, 3.05) is 4.72 Å². The Kier molecular flexibility index (Phi) is 5.39. The van der Waals surface area contributed by atoms with E-state index in [2.05, 4.69) is 36.6 Å². The number of hydrogen-bond acceptors (Lipinski definition) is 2. The van der Waals surface area contributed by atoms with E-state index in [1.807, 2.05) is 22.6 Å². The van der Waals surface area contributed by atoms with E-state index in [0.717, 1.165) is 8.04 Å². The zero-order valence-electron chi connectivity index (χ0n) is 9.70. The molecule has 0 bridgehead atoms. The van der Waals surface area contributed by atoms with E-state index in [-0.39, 0.29) is 4.90 Å². The Morgan fingerprint density at radius 1 is 1.10 bits per heavy atom. The summed E-state index contributed by atoms with van der Waals surface area (Å²) in [6.07, 6.45) is 0. The summed E-state index contributed by atoms with van der Waals surface area (Å²) in [6.45, 7) is 0. The van der Waals surface area contributed by atoms with Gasteiger partial charge in [-0.15, -0.1) is 0 Å². The molecule has 0 saturated carbocycles. The van der Waals surface area contributed by atoms with Gasteiger partial charge in [-0.05, 0) is 74.9 Å². The molecule has 0 radical (unpaired) electrons. The lowest BCUT2D eigenvalue weighted by Crippen LogP contribution is -2.14. The van der Waals surface area contributed by atoms with Crippen LogP contribution >= 0.6 is 66.1 Å². The van der Waals surface area contributed by atoms with Crippen molar-refractivity contribution >= 4 is 81.8 Å². The predicted molar refractivity (Wildman–Crippen MR) is 96.8 cm³/mol. The standard InChI is InChI=1S/C12H7Br2ClINO2S/c13-7-1-4-12(9(14)5-7)20(18,19)17-11-3-2-8(15)6-10(11)16/h1-6,17H. The number of anilines is 1. The lowest BCUT2D eigenvalue weighted by atomic mass is 10.3. The van der Waals surface area contributed by atoms with Gasteiger partial charge in [-0.2, -0.15) is 0 Å². The molecule has 106 valence electrons. The monoisotopic (exact) mass is 549 g/mol. The minimum atomic E-state index is -3.66. The van der Waals surface area contributed by atoms with Crippen molar-refractivity contribution in [2.45, 2.75) is 4.90 Å². The summed E-state index contributed by atoms with van der Waals surface area (Å²) in [5.74, 6) is 0. The van der Waals surface area contributed by atoms with Gasteiger partial charge in [0.2, 0.25) is 0 Å². The third kappa shape index (κ3) is 3.88. The molecule has 0 aliphatic heterocycles. The minimum absolute atomic E-state index is 0.173. The SMILES string of the molecule is O=S(=O)(Nc1ccc(Cl)cc1I)c1ccc(Br)cc1Br. The normalized spacial score (nSPS) is 11.4. The molecule has 0 aliphatic carbocycles. The first-order valence-electron chi connectivity index (χ1n) is 5.22. The molecule has 2 aromatic rings. The van der Waals surface area contributed by atoms with E-state index >= 15 is 0 Å². The number of nitrogens with one attached hydrogen (secondary N) is 1. The maximum Gasteiger partial charge on any atom is 0.263 e. The van der Waals surface area contributed by atoms with Gasteiger partial charge in [-0.1, -0.05) is 27.5 Å². The quantitative estimate of drug-likeness (QED) is 0.529. The fraction of sp³-hybridized carbons (Fsp3) is 0. The van der Waals surface area contributed by atoms with Crippen molar-refractivity contribution in [1.29, 1.82) is 0 Å². The summed E-state index contributed by atoms with van der Waals surface area (Å²) >= 11 is 14.4. The molecule has 0 saturated heterocycles. The van der Waals surface area contributed by atoms with Crippen LogP contribution in [0.1, 0.15) is 0 Å². The first-order valence-corrected chi connectivity index (χ1v) is 9.75. The van der Waals surface area contributed by atoms with E-state index in [1.54, 1.807) is 30.3 Å². The van der Waals surface area contributed by atoms with Crippen molar-refractivity contribution in [3.63, 3.8) is 0 Å². The van der Waals surface area contributed by atoms with Crippen LogP contribution in [0.4, 0.5) is 5.69 Å². The number of rotatable bonds is 3. The maximum atomic E-state index is 12.4. The Labute approximate surface area is 152 Å². The van der Waals surface area contributed by atoms with Gasteiger partial charge in [0, 0.05) is 17.5 Å².